The third-order valence-electron chi connectivity index (χ3n) is 1.55. The van der Waals surface area contributed by atoms with Crippen LogP contribution < -0.4 is 0 Å². The van der Waals surface area contributed by atoms with Crippen LogP contribution in [-0.2, 0) is 4.65 Å². The molecule has 1 atom stereocenters. The minimum Gasteiger partial charge on any atom is -0.412 e. The SMILES string of the molecule is C=CB(C=C)OC(C)N(C)C. The molecule has 0 N–H and O–H groups in total. The van der Waals surface area contributed by atoms with Gasteiger partial charge in [0, 0.05) is 0 Å². The minimum absolute atomic E-state index is 0.0487. The van der Waals surface area contributed by atoms with Crippen molar-refractivity contribution in [3.8, 4) is 0 Å². The van der Waals surface area contributed by atoms with E-state index in [1.54, 1.807) is 12.0 Å². The zero-order valence-corrected chi connectivity index (χ0v) is 7.58. The Labute approximate surface area is 69.6 Å². The molecular weight excluding hydrogens is 137 g/mol. The average Bonchev–Trinajstić information content (AvgIpc) is 1.99. The summed E-state index contributed by atoms with van der Waals surface area (Å²) < 4.78 is 5.50. The van der Waals surface area contributed by atoms with Gasteiger partial charge >= 0.3 is 6.92 Å². The zero-order chi connectivity index (χ0) is 8.85. The lowest BCUT2D eigenvalue weighted by atomic mass is 9.69. The molecule has 0 aromatic heterocycles. The molecule has 62 valence electrons. The topological polar surface area (TPSA) is 12.5 Å². The van der Waals surface area contributed by atoms with E-state index >= 15 is 0 Å². The number of rotatable bonds is 5. The van der Waals surface area contributed by atoms with Gasteiger partial charge in [-0.3, -0.25) is 4.90 Å². The Hall–Kier alpha value is -0.535. The highest BCUT2D eigenvalue weighted by molar-refractivity contribution is 6.62. The van der Waals surface area contributed by atoms with Crippen molar-refractivity contribution in [2.75, 3.05) is 14.1 Å². The molecule has 0 heterocycles. The predicted molar refractivity (Wildman–Crippen MR) is 50.4 cm³/mol. The molecule has 0 aromatic rings. The highest BCUT2D eigenvalue weighted by Gasteiger charge is 2.11. The van der Waals surface area contributed by atoms with Crippen LogP contribution in [0.5, 0.6) is 0 Å². The van der Waals surface area contributed by atoms with Gasteiger partial charge in [0.2, 0.25) is 0 Å². The van der Waals surface area contributed by atoms with E-state index in [0.29, 0.717) is 0 Å². The van der Waals surface area contributed by atoms with Crippen molar-refractivity contribution in [3.63, 3.8) is 0 Å². The Morgan fingerprint density at radius 2 is 1.82 bits per heavy atom. The maximum absolute atomic E-state index is 5.50. The summed E-state index contributed by atoms with van der Waals surface area (Å²) in [6, 6.07) is 0. The highest BCUT2D eigenvalue weighted by Crippen LogP contribution is 1.98. The first-order valence-electron chi connectivity index (χ1n) is 3.68. The molecule has 1 unspecified atom stereocenters. The molecule has 0 fully saturated rings. The molecule has 0 bridgehead atoms. The molecule has 0 saturated carbocycles. The van der Waals surface area contributed by atoms with Crippen molar-refractivity contribution < 1.29 is 4.65 Å². The van der Waals surface area contributed by atoms with E-state index < -0.39 is 0 Å². The fraction of sp³-hybridized carbons (Fsp3) is 0.500. The van der Waals surface area contributed by atoms with E-state index in [4.69, 9.17) is 4.65 Å². The van der Waals surface area contributed by atoms with Gasteiger partial charge in [-0.05, 0) is 21.0 Å². The normalized spacial score (nSPS) is 12.7. The quantitative estimate of drug-likeness (QED) is 0.436. The van der Waals surface area contributed by atoms with Crippen molar-refractivity contribution in [2.45, 2.75) is 13.2 Å². The van der Waals surface area contributed by atoms with Crippen molar-refractivity contribution in [3.05, 3.63) is 25.1 Å². The van der Waals surface area contributed by atoms with Gasteiger partial charge < -0.3 is 4.65 Å². The van der Waals surface area contributed by atoms with Crippen molar-refractivity contribution in [1.29, 1.82) is 0 Å². The van der Waals surface area contributed by atoms with Crippen LogP contribution in [0, 0.1) is 0 Å². The second-order valence-corrected chi connectivity index (χ2v) is 2.64. The summed E-state index contributed by atoms with van der Waals surface area (Å²) in [6.45, 7) is 9.20. The van der Waals surface area contributed by atoms with Crippen LogP contribution in [0.25, 0.3) is 0 Å². The molecule has 0 saturated heterocycles. The largest absolute Gasteiger partial charge is 0.412 e. The van der Waals surface area contributed by atoms with Gasteiger partial charge in [0.05, 0.1) is 6.23 Å². The Morgan fingerprint density at radius 3 is 2.09 bits per heavy atom. The van der Waals surface area contributed by atoms with Crippen molar-refractivity contribution in [1.82, 2.24) is 4.90 Å². The second-order valence-electron chi connectivity index (χ2n) is 2.64. The summed E-state index contributed by atoms with van der Waals surface area (Å²) in [4.78, 5) is 1.99. The smallest absolute Gasteiger partial charge is 0.346 e. The first-order valence-corrected chi connectivity index (χ1v) is 3.68. The Morgan fingerprint density at radius 1 is 1.36 bits per heavy atom. The van der Waals surface area contributed by atoms with Gasteiger partial charge in [-0.15, -0.1) is 13.2 Å². The summed E-state index contributed by atoms with van der Waals surface area (Å²) in [7, 11) is 3.93. The molecule has 0 radical (unpaired) electrons. The summed E-state index contributed by atoms with van der Waals surface area (Å²) in [5.74, 6) is 3.46. The molecule has 0 rings (SSSR count). The summed E-state index contributed by atoms with van der Waals surface area (Å²) in [5.41, 5.74) is 0. The molecule has 0 aliphatic carbocycles. The molecular formula is C8H16BNO. The fourth-order valence-corrected chi connectivity index (χ4v) is 0.556. The van der Waals surface area contributed by atoms with Crippen LogP contribution in [0.4, 0.5) is 0 Å². The van der Waals surface area contributed by atoms with E-state index in [2.05, 4.69) is 13.2 Å². The average molecular weight is 153 g/mol. The lowest BCUT2D eigenvalue weighted by Gasteiger charge is -2.22. The molecule has 0 aromatic carbocycles. The van der Waals surface area contributed by atoms with Gasteiger partial charge in [0.25, 0.3) is 0 Å². The van der Waals surface area contributed by atoms with Gasteiger partial charge in [-0.2, -0.15) is 0 Å². The molecule has 3 heteroatoms. The van der Waals surface area contributed by atoms with E-state index in [1.807, 2.05) is 25.9 Å². The molecule has 0 aliphatic heterocycles. The maximum Gasteiger partial charge on any atom is 0.346 e. The lowest BCUT2D eigenvalue weighted by Crippen LogP contribution is -2.32. The van der Waals surface area contributed by atoms with Crippen LogP contribution in [-0.4, -0.2) is 32.1 Å². The van der Waals surface area contributed by atoms with Gasteiger partial charge in [-0.25, -0.2) is 0 Å². The zero-order valence-electron chi connectivity index (χ0n) is 7.58. The second kappa shape index (κ2) is 5.16. The van der Waals surface area contributed by atoms with Gasteiger partial charge in [-0.1, -0.05) is 12.0 Å². The van der Waals surface area contributed by atoms with E-state index in [1.165, 1.54) is 0 Å². The molecule has 0 spiro atoms. The van der Waals surface area contributed by atoms with Crippen LogP contribution in [0.3, 0.4) is 0 Å². The molecule has 0 aliphatic rings. The van der Waals surface area contributed by atoms with E-state index in [0.717, 1.165) is 0 Å². The van der Waals surface area contributed by atoms with Gasteiger partial charge in [0.15, 0.2) is 0 Å². The van der Waals surface area contributed by atoms with E-state index in [9.17, 15) is 0 Å². The molecule has 0 amide bonds. The number of nitrogens with zero attached hydrogens (tertiary/aromatic N) is 1. The molecule has 2 nitrogen and oxygen atoms in total. The first-order chi connectivity index (χ1) is 5.11. The van der Waals surface area contributed by atoms with Crippen LogP contribution in [0.1, 0.15) is 6.92 Å². The summed E-state index contributed by atoms with van der Waals surface area (Å²) in [5, 5.41) is 0. The first kappa shape index (κ1) is 10.5. The molecule has 11 heavy (non-hydrogen) atoms. The summed E-state index contributed by atoms with van der Waals surface area (Å²) in [6.07, 6.45) is 0.0935. The standard InChI is InChI=1S/C8H16BNO/c1-6-9(7-2)11-8(3)10(4)5/h6-8H,1-2H2,3-5H3. The van der Waals surface area contributed by atoms with Crippen LogP contribution in [0.2, 0.25) is 0 Å². The number of hydrogen-bond donors (Lipinski definition) is 0. The Balaban J connectivity index is 3.80. The number of hydrogen-bond acceptors (Lipinski definition) is 2. The van der Waals surface area contributed by atoms with Crippen LogP contribution >= 0.6 is 0 Å². The third-order valence-corrected chi connectivity index (χ3v) is 1.55. The highest BCUT2D eigenvalue weighted by atomic mass is 16.5. The third kappa shape index (κ3) is 4.01. The van der Waals surface area contributed by atoms with Gasteiger partial charge in [0.1, 0.15) is 0 Å². The van der Waals surface area contributed by atoms with Crippen LogP contribution in [0.15, 0.2) is 25.1 Å². The fourth-order valence-electron chi connectivity index (χ4n) is 0.556. The monoisotopic (exact) mass is 153 g/mol. The van der Waals surface area contributed by atoms with E-state index in [-0.39, 0.29) is 13.1 Å². The lowest BCUT2D eigenvalue weighted by molar-refractivity contribution is 0.0836. The van der Waals surface area contributed by atoms with Crippen molar-refractivity contribution >= 4 is 6.92 Å². The maximum atomic E-state index is 5.50. The predicted octanol–water partition coefficient (Wildman–Crippen LogP) is 1.35. The summed E-state index contributed by atoms with van der Waals surface area (Å²) >= 11 is 0. The Kier molecular flexibility index (Phi) is 4.91. The minimum atomic E-state index is -0.0487. The van der Waals surface area contributed by atoms with Crippen molar-refractivity contribution in [2.24, 2.45) is 0 Å². The Bertz CT molecular complexity index is 128.